The van der Waals surface area contributed by atoms with Gasteiger partial charge in [0.25, 0.3) is 5.91 Å². The second kappa shape index (κ2) is 10.9. The fourth-order valence-electron chi connectivity index (χ4n) is 5.46. The number of pyridine rings is 2. The first-order valence-corrected chi connectivity index (χ1v) is 14.2. The van der Waals surface area contributed by atoms with Gasteiger partial charge in [-0.15, -0.1) is 11.3 Å². The third-order valence-electron chi connectivity index (χ3n) is 7.42. The molecule has 0 bridgehead atoms. The Kier molecular flexibility index (Phi) is 7.11. The fraction of sp³-hybridized carbons (Fsp3) is 0.393. The lowest BCUT2D eigenvalue weighted by Gasteiger charge is -2.32. The molecule has 0 aliphatic carbocycles. The van der Waals surface area contributed by atoms with Gasteiger partial charge in [0.1, 0.15) is 15.8 Å². The zero-order chi connectivity index (χ0) is 27.8. The van der Waals surface area contributed by atoms with Gasteiger partial charge in [-0.25, -0.2) is 14.8 Å². The molecule has 1 unspecified atom stereocenters. The Hall–Kier alpha value is -4.03. The Morgan fingerprint density at radius 3 is 2.83 bits per heavy atom. The molecule has 11 nitrogen and oxygen atoms in total. The van der Waals surface area contributed by atoms with Crippen molar-refractivity contribution in [1.82, 2.24) is 20.2 Å². The van der Waals surface area contributed by atoms with Crippen LogP contribution in [0.3, 0.4) is 0 Å². The van der Waals surface area contributed by atoms with Gasteiger partial charge < -0.3 is 25.0 Å². The van der Waals surface area contributed by atoms with E-state index in [1.807, 2.05) is 13.0 Å². The number of piperidine rings is 1. The first-order valence-electron chi connectivity index (χ1n) is 13.4. The number of amides is 4. The molecule has 2 N–H and O–H groups in total. The number of anilines is 3. The molecule has 2 saturated heterocycles. The standard InChI is InChI=1S/C28H30N6O5S/c1-3-22(35)33-12-4-5-17(15-33)31-26(36)25-24-23-20(8-11-29-27(23)40-25)34(28(37)32-24)19-6-7-21(30-16(19)2)39-18-9-13-38-14-10-18/h3,6-8,11,17-18H,1,4-5,9-10,12-15H2,2H3,(H,31,36)(H,32,37). The number of aromatic nitrogens is 2. The summed E-state index contributed by atoms with van der Waals surface area (Å²) in [6.07, 6.45) is 6.16. The van der Waals surface area contributed by atoms with Crippen LogP contribution >= 0.6 is 11.3 Å². The van der Waals surface area contributed by atoms with Crippen molar-refractivity contribution in [3.05, 3.63) is 47.6 Å². The summed E-state index contributed by atoms with van der Waals surface area (Å²) in [7, 11) is 0. The summed E-state index contributed by atoms with van der Waals surface area (Å²) in [5, 5.41) is 6.68. The summed E-state index contributed by atoms with van der Waals surface area (Å²) in [6, 6.07) is 4.78. The van der Waals surface area contributed by atoms with Crippen molar-refractivity contribution in [2.75, 3.05) is 36.5 Å². The summed E-state index contributed by atoms with van der Waals surface area (Å²) >= 11 is 1.23. The molecule has 3 aliphatic heterocycles. The molecule has 208 valence electrons. The van der Waals surface area contributed by atoms with Crippen molar-refractivity contribution in [1.29, 1.82) is 0 Å². The van der Waals surface area contributed by atoms with E-state index >= 15 is 0 Å². The van der Waals surface area contributed by atoms with Gasteiger partial charge >= 0.3 is 6.03 Å². The summed E-state index contributed by atoms with van der Waals surface area (Å²) < 4.78 is 11.4. The molecule has 6 heterocycles. The number of rotatable bonds is 6. The molecule has 0 spiro atoms. The average molecular weight is 563 g/mol. The molecule has 3 aromatic rings. The molecule has 40 heavy (non-hydrogen) atoms. The van der Waals surface area contributed by atoms with Gasteiger partial charge in [0.15, 0.2) is 0 Å². The van der Waals surface area contributed by atoms with Crippen molar-refractivity contribution >= 4 is 56.5 Å². The molecular weight excluding hydrogens is 532 g/mol. The number of nitrogens with zero attached hydrogens (tertiary/aromatic N) is 4. The van der Waals surface area contributed by atoms with Gasteiger partial charge in [-0.1, -0.05) is 6.58 Å². The second-order valence-electron chi connectivity index (χ2n) is 10.1. The minimum absolute atomic E-state index is 0.0571. The number of aryl methyl sites for hydroxylation is 1. The molecule has 12 heteroatoms. The number of likely N-dealkylation sites (tertiary alicyclic amines) is 1. The van der Waals surface area contributed by atoms with Crippen molar-refractivity contribution in [3.8, 4) is 5.88 Å². The molecule has 0 aromatic carbocycles. The SMILES string of the molecule is C=CC(=O)N1CCCC(NC(=O)c2sc3nccc4c3c2NC(=O)N4c2ccc(OC3CCOCC3)nc2C)C1. The topological polar surface area (TPSA) is 126 Å². The zero-order valence-electron chi connectivity index (χ0n) is 22.1. The van der Waals surface area contributed by atoms with Gasteiger partial charge in [0.2, 0.25) is 11.8 Å². The largest absolute Gasteiger partial charge is 0.474 e. The molecular formula is C28H30N6O5S. The highest BCUT2D eigenvalue weighted by Crippen LogP contribution is 2.46. The number of nitrogens with one attached hydrogen (secondary N) is 2. The average Bonchev–Trinajstić information content (AvgIpc) is 3.33. The number of ether oxygens (including phenoxy) is 2. The molecule has 4 amide bonds. The molecule has 3 aromatic heterocycles. The van der Waals surface area contributed by atoms with E-state index in [-0.39, 0.29) is 24.0 Å². The summed E-state index contributed by atoms with van der Waals surface area (Å²) in [5.41, 5.74) is 2.32. The number of thiophene rings is 1. The van der Waals surface area contributed by atoms with E-state index in [1.54, 1.807) is 28.1 Å². The van der Waals surface area contributed by atoms with E-state index < -0.39 is 6.03 Å². The van der Waals surface area contributed by atoms with Gasteiger partial charge in [-0.3, -0.25) is 14.5 Å². The lowest BCUT2D eigenvalue weighted by Crippen LogP contribution is -2.49. The Balaban J connectivity index is 1.27. The lowest BCUT2D eigenvalue weighted by atomic mass is 10.1. The van der Waals surface area contributed by atoms with Crippen LogP contribution in [0.15, 0.2) is 37.1 Å². The van der Waals surface area contributed by atoms with Crippen LogP contribution in [0.4, 0.5) is 21.9 Å². The quantitative estimate of drug-likeness (QED) is 0.432. The predicted octanol–water partition coefficient (Wildman–Crippen LogP) is 4.15. The van der Waals surface area contributed by atoms with Crippen LogP contribution < -0.4 is 20.3 Å². The lowest BCUT2D eigenvalue weighted by molar-refractivity contribution is -0.127. The van der Waals surface area contributed by atoms with Crippen LogP contribution in [0.5, 0.6) is 5.88 Å². The molecule has 2 fully saturated rings. The van der Waals surface area contributed by atoms with Crippen LogP contribution in [0.1, 0.15) is 41.0 Å². The Labute approximate surface area is 235 Å². The maximum absolute atomic E-state index is 13.5. The minimum Gasteiger partial charge on any atom is -0.474 e. The maximum Gasteiger partial charge on any atom is 0.331 e. The van der Waals surface area contributed by atoms with E-state index in [0.29, 0.717) is 70.0 Å². The summed E-state index contributed by atoms with van der Waals surface area (Å²) in [5.74, 6) is 0.0600. The van der Waals surface area contributed by atoms with Gasteiger partial charge in [-0.05, 0) is 38.0 Å². The van der Waals surface area contributed by atoms with Gasteiger partial charge in [-0.2, -0.15) is 0 Å². The minimum atomic E-state index is -0.393. The van der Waals surface area contributed by atoms with Crippen molar-refractivity contribution in [2.45, 2.75) is 44.8 Å². The Morgan fingerprint density at radius 1 is 1.23 bits per heavy atom. The maximum atomic E-state index is 13.5. The van der Waals surface area contributed by atoms with E-state index in [2.05, 4.69) is 27.2 Å². The van der Waals surface area contributed by atoms with E-state index in [0.717, 1.165) is 25.7 Å². The van der Waals surface area contributed by atoms with Crippen LogP contribution in [-0.4, -0.2) is 71.2 Å². The number of hydrogen-bond acceptors (Lipinski definition) is 8. The normalized spacial score (nSPS) is 19.3. The molecule has 6 rings (SSSR count). The molecule has 3 aliphatic rings. The third kappa shape index (κ3) is 4.88. The summed E-state index contributed by atoms with van der Waals surface area (Å²) in [6.45, 7) is 7.80. The third-order valence-corrected chi connectivity index (χ3v) is 8.52. The van der Waals surface area contributed by atoms with Crippen molar-refractivity contribution in [2.24, 2.45) is 0 Å². The molecule has 1 atom stereocenters. The number of carbonyl (C=O) groups excluding carboxylic acids is 3. The highest BCUT2D eigenvalue weighted by Gasteiger charge is 2.34. The smallest absolute Gasteiger partial charge is 0.331 e. The fourth-order valence-corrected chi connectivity index (χ4v) is 6.48. The summed E-state index contributed by atoms with van der Waals surface area (Å²) in [4.78, 5) is 52.4. The highest BCUT2D eigenvalue weighted by atomic mass is 32.1. The van der Waals surface area contributed by atoms with Crippen molar-refractivity contribution < 1.29 is 23.9 Å². The number of hydrogen-bond donors (Lipinski definition) is 2. The van der Waals surface area contributed by atoms with E-state index in [4.69, 9.17) is 9.47 Å². The zero-order valence-corrected chi connectivity index (χ0v) is 23.0. The highest BCUT2D eigenvalue weighted by molar-refractivity contribution is 7.21. The first kappa shape index (κ1) is 26.2. The van der Waals surface area contributed by atoms with Crippen LogP contribution in [0, 0.1) is 6.92 Å². The van der Waals surface area contributed by atoms with Crippen molar-refractivity contribution in [3.63, 3.8) is 0 Å². The number of urea groups is 1. The first-order chi connectivity index (χ1) is 19.4. The second-order valence-corrected chi connectivity index (χ2v) is 11.1. The van der Waals surface area contributed by atoms with Crippen LogP contribution in [-0.2, 0) is 9.53 Å². The molecule has 0 radical (unpaired) electrons. The monoisotopic (exact) mass is 562 g/mol. The van der Waals surface area contributed by atoms with Crippen LogP contribution in [0.2, 0.25) is 0 Å². The Bertz CT molecular complexity index is 1500. The van der Waals surface area contributed by atoms with E-state index in [1.165, 1.54) is 17.4 Å². The molecule has 0 saturated carbocycles. The van der Waals surface area contributed by atoms with Gasteiger partial charge in [0.05, 0.1) is 41.4 Å². The predicted molar refractivity (Wildman–Crippen MR) is 151 cm³/mol. The van der Waals surface area contributed by atoms with Crippen LogP contribution in [0.25, 0.3) is 10.2 Å². The van der Waals surface area contributed by atoms with Gasteiger partial charge in [0, 0.05) is 44.2 Å². The van der Waals surface area contributed by atoms with E-state index in [9.17, 15) is 14.4 Å². The number of carbonyl (C=O) groups is 3. The Morgan fingerprint density at radius 2 is 2.05 bits per heavy atom.